The highest BCUT2D eigenvalue weighted by Crippen LogP contribution is 2.50. The summed E-state index contributed by atoms with van der Waals surface area (Å²) in [4.78, 5) is 4.63. The van der Waals surface area contributed by atoms with Crippen molar-refractivity contribution in [2.75, 3.05) is 9.80 Å². The van der Waals surface area contributed by atoms with E-state index < -0.39 is 0 Å². The Morgan fingerprint density at radius 3 is 1.22 bits per heavy atom. The van der Waals surface area contributed by atoms with Crippen LogP contribution in [0.5, 0.6) is 0 Å². The van der Waals surface area contributed by atoms with E-state index in [1.165, 1.54) is 50.1 Å². The number of fused-ring (bicyclic) bond motifs is 4. The summed E-state index contributed by atoms with van der Waals surface area (Å²) in [7, 11) is 0. The Morgan fingerprint density at radius 2 is 0.733 bits per heavy atom. The number of hydrogen-bond donors (Lipinski definition) is 0. The molecule has 7 aromatic carbocycles. The van der Waals surface area contributed by atoms with Crippen LogP contribution in [0.2, 0.25) is 0 Å². The molecule has 0 atom stereocenters. The van der Waals surface area contributed by atoms with Crippen molar-refractivity contribution in [3.8, 4) is 0 Å². The molecular weight excluding hydrogens is 725 g/mol. The summed E-state index contributed by atoms with van der Waals surface area (Å²) in [5, 5.41) is 0. The molecule has 0 bridgehead atoms. The highest BCUT2D eigenvalue weighted by Gasteiger charge is 2.31. The average Bonchev–Trinajstić information content (AvgIpc) is 3.32. The topological polar surface area (TPSA) is 6.48 Å². The van der Waals surface area contributed by atoms with E-state index in [-0.39, 0.29) is 0 Å². The fraction of sp³-hybridized carbons (Fsp3) is 0.0690. The number of rotatable bonds is 10. The summed E-state index contributed by atoms with van der Waals surface area (Å²) in [6.45, 7) is 0. The Balaban J connectivity index is 0.995. The van der Waals surface area contributed by atoms with Gasteiger partial charge in [0.25, 0.3) is 0 Å². The van der Waals surface area contributed by atoms with Gasteiger partial charge in [-0.05, 0) is 149 Å². The van der Waals surface area contributed by atoms with E-state index >= 15 is 0 Å². The van der Waals surface area contributed by atoms with E-state index in [9.17, 15) is 0 Å². The first-order valence-electron chi connectivity index (χ1n) is 21.0. The first-order valence-corrected chi connectivity index (χ1v) is 21.0. The Bertz CT molecular complexity index is 2730. The van der Waals surface area contributed by atoms with Crippen molar-refractivity contribution >= 4 is 51.8 Å². The molecule has 0 fully saturated rings. The smallest absolute Gasteiger partial charge is 0.0462 e. The summed E-state index contributed by atoms with van der Waals surface area (Å²) < 4.78 is 0. The van der Waals surface area contributed by atoms with Crippen LogP contribution in [0.25, 0.3) is 17.7 Å². The van der Waals surface area contributed by atoms with Crippen LogP contribution in [0.15, 0.2) is 246 Å². The van der Waals surface area contributed by atoms with Crippen molar-refractivity contribution in [3.05, 3.63) is 269 Å². The van der Waals surface area contributed by atoms with Gasteiger partial charge in [0.05, 0.1) is 0 Å². The van der Waals surface area contributed by atoms with E-state index in [0.29, 0.717) is 0 Å². The average molecular weight is 771 g/mol. The Morgan fingerprint density at radius 1 is 0.333 bits per heavy atom. The van der Waals surface area contributed by atoms with Crippen LogP contribution in [0.1, 0.15) is 41.5 Å². The summed E-state index contributed by atoms with van der Waals surface area (Å²) >= 11 is 0. The maximum Gasteiger partial charge on any atom is 0.0462 e. The predicted molar refractivity (Wildman–Crippen MR) is 254 cm³/mol. The summed E-state index contributed by atoms with van der Waals surface area (Å²) in [5.74, 6) is 0. The molecule has 0 unspecified atom stereocenters. The van der Waals surface area contributed by atoms with Gasteiger partial charge in [0.2, 0.25) is 0 Å². The molecule has 0 heterocycles. The molecule has 10 rings (SSSR count). The lowest BCUT2D eigenvalue weighted by molar-refractivity contribution is 0.944. The van der Waals surface area contributed by atoms with Gasteiger partial charge in [-0.2, -0.15) is 0 Å². The molecule has 2 heteroatoms. The molecule has 0 saturated heterocycles. The zero-order chi connectivity index (χ0) is 40.1. The van der Waals surface area contributed by atoms with Crippen LogP contribution in [-0.2, 0) is 6.42 Å². The van der Waals surface area contributed by atoms with Gasteiger partial charge in [0.15, 0.2) is 0 Å². The molecule has 0 aromatic heterocycles. The van der Waals surface area contributed by atoms with Crippen molar-refractivity contribution in [2.45, 2.75) is 25.7 Å². The molecule has 3 aliphatic carbocycles. The van der Waals surface area contributed by atoms with Gasteiger partial charge in [0.1, 0.15) is 0 Å². The SMILES string of the molecule is C1=CCC2=C(C1)CC(C=Cc1ccc(N(c3ccccc3)c3ccccc3)cc1)=C1C2=C(C=Cc2ccc(N(c3ccccc3)c3ccccc3)cc2)Cc2ccccc21. The van der Waals surface area contributed by atoms with Gasteiger partial charge in [-0.15, -0.1) is 0 Å². The Labute approximate surface area is 354 Å². The Kier molecular flexibility index (Phi) is 10.3. The maximum atomic E-state index is 2.39. The zero-order valence-electron chi connectivity index (χ0n) is 33.7. The third-order valence-electron chi connectivity index (χ3n) is 11.9. The lowest BCUT2D eigenvalue weighted by Gasteiger charge is -2.34. The molecule has 0 N–H and O–H groups in total. The summed E-state index contributed by atoms with van der Waals surface area (Å²) in [6.07, 6.45) is 18.0. The number of hydrogen-bond acceptors (Lipinski definition) is 2. The minimum Gasteiger partial charge on any atom is -0.311 e. The van der Waals surface area contributed by atoms with Gasteiger partial charge in [0, 0.05) is 34.1 Å². The van der Waals surface area contributed by atoms with Crippen LogP contribution < -0.4 is 9.80 Å². The van der Waals surface area contributed by atoms with Crippen molar-refractivity contribution in [3.63, 3.8) is 0 Å². The zero-order valence-corrected chi connectivity index (χ0v) is 33.7. The summed E-state index contributed by atoms with van der Waals surface area (Å²) in [6, 6.07) is 69.4. The molecule has 0 spiro atoms. The predicted octanol–water partition coefficient (Wildman–Crippen LogP) is 15.7. The molecule has 0 radical (unpaired) electrons. The van der Waals surface area contributed by atoms with Crippen LogP contribution >= 0.6 is 0 Å². The minimum atomic E-state index is 0.914. The van der Waals surface area contributed by atoms with E-state index in [1.54, 1.807) is 5.57 Å². The fourth-order valence-corrected chi connectivity index (χ4v) is 9.01. The van der Waals surface area contributed by atoms with Gasteiger partial charge < -0.3 is 9.80 Å². The molecular formula is C58H46N2. The van der Waals surface area contributed by atoms with Gasteiger partial charge in [-0.25, -0.2) is 0 Å². The second kappa shape index (κ2) is 16.8. The molecule has 288 valence electrons. The fourth-order valence-electron chi connectivity index (χ4n) is 9.01. The number of para-hydroxylation sites is 4. The highest BCUT2D eigenvalue weighted by atomic mass is 15.1. The monoisotopic (exact) mass is 770 g/mol. The standard InChI is InChI=1S/C58H46N2/c1-5-19-49(20-6-1)59(50-21-7-2-8-22-50)53-37-31-43(32-38-53)29-35-47-41-45-17-13-16-28-56(45)58-48(42-46-18-14-15-27-55(46)57(47)58)36-30-44-33-39-54(40-34-44)60(51-23-9-3-10-24-51)52-25-11-4-12-26-52/h1-17,19-26,28-40H,18,27,41-42H2. The lowest BCUT2D eigenvalue weighted by Crippen LogP contribution is -2.16. The number of nitrogens with zero attached hydrogens (tertiary/aromatic N) is 2. The third kappa shape index (κ3) is 7.52. The molecule has 0 amide bonds. The molecule has 2 nitrogen and oxygen atoms in total. The molecule has 3 aliphatic rings. The van der Waals surface area contributed by atoms with Crippen LogP contribution in [0.3, 0.4) is 0 Å². The first kappa shape index (κ1) is 36.9. The van der Waals surface area contributed by atoms with Crippen molar-refractivity contribution in [2.24, 2.45) is 0 Å². The molecule has 0 saturated carbocycles. The quantitative estimate of drug-likeness (QED) is 0.128. The second-order valence-electron chi connectivity index (χ2n) is 15.6. The highest BCUT2D eigenvalue weighted by molar-refractivity contribution is 5.95. The molecule has 0 aliphatic heterocycles. The normalized spacial score (nSPS) is 14.7. The first-order chi connectivity index (χ1) is 29.8. The van der Waals surface area contributed by atoms with Crippen molar-refractivity contribution < 1.29 is 0 Å². The van der Waals surface area contributed by atoms with Crippen LogP contribution in [0.4, 0.5) is 34.1 Å². The van der Waals surface area contributed by atoms with Crippen molar-refractivity contribution in [1.29, 1.82) is 0 Å². The van der Waals surface area contributed by atoms with E-state index in [4.69, 9.17) is 0 Å². The van der Waals surface area contributed by atoms with Gasteiger partial charge in [-0.3, -0.25) is 0 Å². The Hall–Kier alpha value is -7.42. The van der Waals surface area contributed by atoms with E-state index in [2.05, 4.69) is 240 Å². The minimum absolute atomic E-state index is 0.914. The molecule has 7 aromatic rings. The second-order valence-corrected chi connectivity index (χ2v) is 15.6. The lowest BCUT2D eigenvalue weighted by atomic mass is 9.69. The largest absolute Gasteiger partial charge is 0.311 e. The van der Waals surface area contributed by atoms with Crippen molar-refractivity contribution in [1.82, 2.24) is 0 Å². The van der Waals surface area contributed by atoms with Crippen LogP contribution in [0, 0.1) is 0 Å². The van der Waals surface area contributed by atoms with E-state index in [1.807, 2.05) is 0 Å². The van der Waals surface area contributed by atoms with Gasteiger partial charge >= 0.3 is 0 Å². The number of benzene rings is 7. The van der Waals surface area contributed by atoms with Crippen LogP contribution in [-0.4, -0.2) is 0 Å². The van der Waals surface area contributed by atoms with Gasteiger partial charge in [-0.1, -0.05) is 163 Å². The third-order valence-corrected chi connectivity index (χ3v) is 11.9. The summed E-state index contributed by atoms with van der Waals surface area (Å²) in [5.41, 5.74) is 20.6. The number of allylic oxidation sites excluding steroid dienone is 10. The number of anilines is 6. The molecule has 60 heavy (non-hydrogen) atoms. The van der Waals surface area contributed by atoms with E-state index in [0.717, 1.165) is 59.8 Å². The maximum absolute atomic E-state index is 2.39.